The Hall–Kier alpha value is -2.10. The monoisotopic (exact) mass is 235 g/mol. The normalized spacial score (nSPS) is 9.76. The highest BCUT2D eigenvalue weighted by Crippen LogP contribution is 2.13. The van der Waals surface area contributed by atoms with E-state index in [1.165, 1.54) is 0 Å². The average Bonchev–Trinajstić information content (AvgIpc) is 2.29. The minimum atomic E-state index is 0.189. The minimum Gasteiger partial charge on any atom is -0.368 e. The largest absolute Gasteiger partial charge is 0.368 e. The predicted molar refractivity (Wildman–Crippen MR) is 66.7 cm³/mol. The molecule has 0 aliphatic carbocycles. The van der Waals surface area contributed by atoms with Gasteiger partial charge in [-0.3, -0.25) is 0 Å². The Morgan fingerprint density at radius 3 is 2.41 bits per heavy atom. The first-order valence-electron chi connectivity index (χ1n) is 5.39. The molecule has 7 heteroatoms. The summed E-state index contributed by atoms with van der Waals surface area (Å²) < 4.78 is 0. The highest BCUT2D eigenvalue weighted by atomic mass is 15.3. The first-order chi connectivity index (χ1) is 8.08. The van der Waals surface area contributed by atoms with Crippen molar-refractivity contribution in [2.24, 2.45) is 0 Å². The molecule has 1 rings (SSSR count). The van der Waals surface area contributed by atoms with E-state index in [0.717, 1.165) is 6.54 Å². The van der Waals surface area contributed by atoms with E-state index in [1.54, 1.807) is 4.90 Å². The highest BCUT2D eigenvalue weighted by Gasteiger charge is 2.11. The molecule has 0 saturated carbocycles. The highest BCUT2D eigenvalue weighted by molar-refractivity contribution is 5.42. The fourth-order valence-corrected chi connectivity index (χ4v) is 1.30. The van der Waals surface area contributed by atoms with Crippen molar-refractivity contribution < 1.29 is 0 Å². The van der Waals surface area contributed by atoms with Gasteiger partial charge in [-0.15, -0.1) is 0 Å². The quantitative estimate of drug-likeness (QED) is 0.782. The van der Waals surface area contributed by atoms with Crippen LogP contribution in [-0.4, -0.2) is 42.1 Å². The maximum Gasteiger partial charge on any atom is 0.231 e. The molecule has 0 unspecified atom stereocenters. The lowest BCUT2D eigenvalue weighted by atomic mass is 10.4. The zero-order chi connectivity index (χ0) is 12.8. The topological polar surface area (TPSA) is 95.0 Å². The second kappa shape index (κ2) is 5.84. The van der Waals surface area contributed by atoms with Crippen LogP contribution in [0.15, 0.2) is 0 Å². The number of rotatable bonds is 5. The molecule has 0 aromatic carbocycles. The molecule has 1 heterocycles. The summed E-state index contributed by atoms with van der Waals surface area (Å²) in [6.45, 7) is 3.29. The molecular formula is C10H17N7. The molecule has 1 aromatic heterocycles. The Labute approximate surface area is 101 Å². The van der Waals surface area contributed by atoms with Crippen LogP contribution in [-0.2, 0) is 0 Å². The van der Waals surface area contributed by atoms with Crippen molar-refractivity contribution in [3.05, 3.63) is 0 Å². The molecule has 0 aliphatic rings. The molecule has 92 valence electrons. The molecule has 0 radical (unpaired) electrons. The summed E-state index contributed by atoms with van der Waals surface area (Å²) in [5, 5.41) is 8.59. The molecule has 1 aromatic rings. The zero-order valence-corrected chi connectivity index (χ0v) is 10.4. The van der Waals surface area contributed by atoms with Crippen LogP contribution >= 0.6 is 0 Å². The number of nitrogen functional groups attached to an aromatic ring is 1. The third-order valence-corrected chi connectivity index (χ3v) is 2.19. The van der Waals surface area contributed by atoms with E-state index in [2.05, 4.69) is 21.0 Å². The number of aromatic nitrogens is 3. The third kappa shape index (κ3) is 3.45. The second-order valence-electron chi connectivity index (χ2n) is 3.68. The molecule has 0 spiro atoms. The fourth-order valence-electron chi connectivity index (χ4n) is 1.30. The van der Waals surface area contributed by atoms with Gasteiger partial charge in [0.25, 0.3) is 0 Å². The zero-order valence-electron chi connectivity index (χ0n) is 10.4. The van der Waals surface area contributed by atoms with E-state index >= 15 is 0 Å². The van der Waals surface area contributed by atoms with Gasteiger partial charge in [0.1, 0.15) is 0 Å². The molecule has 0 aliphatic heterocycles. The van der Waals surface area contributed by atoms with E-state index in [1.807, 2.05) is 25.9 Å². The maximum absolute atomic E-state index is 8.59. The van der Waals surface area contributed by atoms with Crippen LogP contribution in [0.25, 0.3) is 0 Å². The van der Waals surface area contributed by atoms with Gasteiger partial charge in [-0.2, -0.15) is 20.2 Å². The van der Waals surface area contributed by atoms with Gasteiger partial charge in [-0.25, -0.2) is 0 Å². The summed E-state index contributed by atoms with van der Waals surface area (Å²) in [4.78, 5) is 16.1. The van der Waals surface area contributed by atoms with Crippen LogP contribution in [0.1, 0.15) is 13.3 Å². The Morgan fingerprint density at radius 1 is 1.24 bits per heavy atom. The fraction of sp³-hybridized carbons (Fsp3) is 0.600. The molecule has 2 N–H and O–H groups in total. The molecule has 0 fully saturated rings. The van der Waals surface area contributed by atoms with Crippen LogP contribution in [0, 0.1) is 11.3 Å². The molecule has 0 bridgehead atoms. The van der Waals surface area contributed by atoms with E-state index < -0.39 is 0 Å². The van der Waals surface area contributed by atoms with Gasteiger partial charge in [0.05, 0.1) is 12.5 Å². The van der Waals surface area contributed by atoms with Crippen LogP contribution < -0.4 is 15.5 Å². The van der Waals surface area contributed by atoms with Crippen LogP contribution in [0.2, 0.25) is 0 Å². The smallest absolute Gasteiger partial charge is 0.231 e. The van der Waals surface area contributed by atoms with E-state index in [9.17, 15) is 0 Å². The van der Waals surface area contributed by atoms with Crippen molar-refractivity contribution in [1.29, 1.82) is 5.26 Å². The van der Waals surface area contributed by atoms with E-state index in [4.69, 9.17) is 11.0 Å². The van der Waals surface area contributed by atoms with Gasteiger partial charge in [0.15, 0.2) is 0 Å². The van der Waals surface area contributed by atoms with Crippen LogP contribution in [0.3, 0.4) is 0 Å². The lowest BCUT2D eigenvalue weighted by Gasteiger charge is -2.20. The van der Waals surface area contributed by atoms with Crippen molar-refractivity contribution in [3.63, 3.8) is 0 Å². The van der Waals surface area contributed by atoms with Crippen LogP contribution in [0.5, 0.6) is 0 Å². The SMILES string of the molecule is CCN(CCC#N)c1nc(N)nc(N(C)C)n1. The summed E-state index contributed by atoms with van der Waals surface area (Å²) in [5.74, 6) is 1.22. The summed E-state index contributed by atoms with van der Waals surface area (Å²) in [6.07, 6.45) is 0.427. The number of nitriles is 1. The second-order valence-corrected chi connectivity index (χ2v) is 3.68. The summed E-state index contributed by atoms with van der Waals surface area (Å²) in [5.41, 5.74) is 5.64. The maximum atomic E-state index is 8.59. The third-order valence-electron chi connectivity index (χ3n) is 2.19. The number of nitrogens with two attached hydrogens (primary N) is 1. The first-order valence-corrected chi connectivity index (χ1v) is 5.39. The molecule has 0 amide bonds. The van der Waals surface area contributed by atoms with Crippen LogP contribution in [0.4, 0.5) is 17.8 Å². The molecule has 0 atom stereocenters. The Kier molecular flexibility index (Phi) is 4.46. The lowest BCUT2D eigenvalue weighted by Crippen LogP contribution is -2.27. The van der Waals surface area contributed by atoms with E-state index in [0.29, 0.717) is 24.9 Å². The average molecular weight is 235 g/mol. The molecular weight excluding hydrogens is 218 g/mol. The standard InChI is InChI=1S/C10H17N7/c1-4-17(7-5-6-11)10-14-8(12)13-9(15-10)16(2)3/h4-5,7H2,1-3H3,(H2,12,13,14,15). The summed E-state index contributed by atoms with van der Waals surface area (Å²) >= 11 is 0. The number of anilines is 3. The number of hydrogen-bond acceptors (Lipinski definition) is 7. The number of nitrogens with zero attached hydrogens (tertiary/aromatic N) is 6. The Morgan fingerprint density at radius 2 is 1.88 bits per heavy atom. The molecule has 17 heavy (non-hydrogen) atoms. The molecule has 7 nitrogen and oxygen atoms in total. The lowest BCUT2D eigenvalue weighted by molar-refractivity contribution is 0.782. The first kappa shape index (κ1) is 13.0. The van der Waals surface area contributed by atoms with Crippen molar-refractivity contribution in [1.82, 2.24) is 15.0 Å². The predicted octanol–water partition coefficient (Wildman–Crippen LogP) is 0.260. The van der Waals surface area contributed by atoms with Gasteiger partial charge >= 0.3 is 0 Å². The van der Waals surface area contributed by atoms with Crippen molar-refractivity contribution in [3.8, 4) is 6.07 Å². The van der Waals surface area contributed by atoms with Crippen molar-refractivity contribution in [2.75, 3.05) is 42.7 Å². The summed E-state index contributed by atoms with van der Waals surface area (Å²) in [6, 6.07) is 2.10. The van der Waals surface area contributed by atoms with Gasteiger partial charge in [0.2, 0.25) is 17.8 Å². The van der Waals surface area contributed by atoms with Crippen molar-refractivity contribution >= 4 is 17.8 Å². The number of hydrogen-bond donors (Lipinski definition) is 1. The van der Waals surface area contributed by atoms with Gasteiger partial charge in [-0.1, -0.05) is 0 Å². The Bertz CT molecular complexity index is 410. The molecule has 0 saturated heterocycles. The van der Waals surface area contributed by atoms with E-state index in [-0.39, 0.29) is 5.95 Å². The van der Waals surface area contributed by atoms with Gasteiger partial charge in [-0.05, 0) is 6.92 Å². The van der Waals surface area contributed by atoms with Crippen molar-refractivity contribution in [2.45, 2.75) is 13.3 Å². The minimum absolute atomic E-state index is 0.189. The van der Waals surface area contributed by atoms with Gasteiger partial charge in [0, 0.05) is 27.2 Å². The summed E-state index contributed by atoms with van der Waals surface area (Å²) in [7, 11) is 3.67. The Balaban J connectivity index is 2.98. The van der Waals surface area contributed by atoms with Gasteiger partial charge < -0.3 is 15.5 Å².